The number of imidazole rings is 1. The molecule has 0 radical (unpaired) electrons. The van der Waals surface area contributed by atoms with Crippen LogP contribution in [0, 0.1) is 0 Å². The molecular formula is C12H9N3O3. The zero-order chi connectivity index (χ0) is 12.7. The van der Waals surface area contributed by atoms with E-state index < -0.39 is 5.97 Å². The molecule has 3 rings (SSSR count). The quantitative estimate of drug-likeness (QED) is 0.552. The van der Waals surface area contributed by atoms with E-state index in [2.05, 4.69) is 15.0 Å². The molecule has 0 bridgehead atoms. The number of nitrogens with one attached hydrogen (secondary N) is 2. The number of fused-ring (bicyclic) bond motifs is 1. The van der Waals surface area contributed by atoms with Gasteiger partial charge >= 0.3 is 5.97 Å². The number of phenols is 1. The zero-order valence-electron chi connectivity index (χ0n) is 9.14. The number of nitrogens with zero attached hydrogens (tertiary/aromatic N) is 1. The standard InChI is InChI=1S/C12H9N3O3/c16-8-3-1-2-7-9(8)6(4-13-7)10-11(12(17)18)15-5-14-10/h1-5,13,16H,(H,14,15)(H,17,18). The number of carboxylic acids is 1. The highest BCUT2D eigenvalue weighted by atomic mass is 16.4. The molecular weight excluding hydrogens is 234 g/mol. The minimum atomic E-state index is -1.09. The van der Waals surface area contributed by atoms with Gasteiger partial charge in [-0.2, -0.15) is 0 Å². The van der Waals surface area contributed by atoms with Crippen molar-refractivity contribution in [1.29, 1.82) is 0 Å². The highest BCUT2D eigenvalue weighted by molar-refractivity contribution is 6.03. The number of phenolic OH excluding ortho intramolecular Hbond substituents is 1. The van der Waals surface area contributed by atoms with E-state index in [0.717, 1.165) is 5.52 Å². The number of aromatic amines is 2. The summed E-state index contributed by atoms with van der Waals surface area (Å²) in [7, 11) is 0. The van der Waals surface area contributed by atoms with Crippen LogP contribution < -0.4 is 0 Å². The van der Waals surface area contributed by atoms with Gasteiger partial charge in [0, 0.05) is 17.3 Å². The Kier molecular flexibility index (Phi) is 2.09. The Morgan fingerprint density at radius 1 is 1.28 bits per heavy atom. The maximum absolute atomic E-state index is 11.1. The summed E-state index contributed by atoms with van der Waals surface area (Å²) in [5.41, 5.74) is 1.58. The Labute approximate surface area is 101 Å². The van der Waals surface area contributed by atoms with Gasteiger partial charge in [0.25, 0.3) is 0 Å². The molecule has 1 aromatic carbocycles. The van der Waals surface area contributed by atoms with Crippen LogP contribution in [0.4, 0.5) is 0 Å². The topological polar surface area (TPSA) is 102 Å². The molecule has 0 saturated heterocycles. The first-order valence-electron chi connectivity index (χ1n) is 5.24. The van der Waals surface area contributed by atoms with Crippen molar-refractivity contribution in [2.45, 2.75) is 0 Å². The number of H-pyrrole nitrogens is 2. The monoisotopic (exact) mass is 243 g/mol. The van der Waals surface area contributed by atoms with Crippen molar-refractivity contribution in [3.8, 4) is 17.0 Å². The fourth-order valence-corrected chi connectivity index (χ4v) is 2.01. The molecule has 0 aliphatic carbocycles. The molecule has 6 heteroatoms. The number of hydrogen-bond acceptors (Lipinski definition) is 3. The Morgan fingerprint density at radius 2 is 2.11 bits per heavy atom. The smallest absolute Gasteiger partial charge is 0.354 e. The number of carbonyl (C=O) groups is 1. The first-order valence-corrected chi connectivity index (χ1v) is 5.24. The Hall–Kier alpha value is -2.76. The lowest BCUT2D eigenvalue weighted by atomic mass is 10.1. The molecule has 6 nitrogen and oxygen atoms in total. The van der Waals surface area contributed by atoms with Crippen molar-refractivity contribution in [2.24, 2.45) is 0 Å². The van der Waals surface area contributed by atoms with Gasteiger partial charge in [-0.15, -0.1) is 0 Å². The second kappa shape index (κ2) is 3.63. The van der Waals surface area contributed by atoms with E-state index in [1.54, 1.807) is 24.4 Å². The average Bonchev–Trinajstić information content (AvgIpc) is 2.94. The molecule has 3 aromatic rings. The van der Waals surface area contributed by atoms with Gasteiger partial charge in [-0.1, -0.05) is 6.07 Å². The molecule has 2 heterocycles. The average molecular weight is 243 g/mol. The lowest BCUT2D eigenvalue weighted by molar-refractivity contribution is 0.0692. The lowest BCUT2D eigenvalue weighted by Gasteiger charge is -1.99. The highest BCUT2D eigenvalue weighted by Gasteiger charge is 2.19. The summed E-state index contributed by atoms with van der Waals surface area (Å²) in [5, 5.41) is 19.5. The fraction of sp³-hybridized carbons (Fsp3) is 0. The van der Waals surface area contributed by atoms with Gasteiger partial charge in [0.2, 0.25) is 0 Å². The Morgan fingerprint density at radius 3 is 2.89 bits per heavy atom. The third-order valence-electron chi connectivity index (χ3n) is 2.79. The van der Waals surface area contributed by atoms with Gasteiger partial charge in [-0.05, 0) is 12.1 Å². The molecule has 0 atom stereocenters. The van der Waals surface area contributed by atoms with E-state index in [-0.39, 0.29) is 11.4 Å². The predicted octanol–water partition coefficient (Wildman–Crippen LogP) is 1.96. The summed E-state index contributed by atoms with van der Waals surface area (Å²) in [6.45, 7) is 0. The first kappa shape index (κ1) is 10.4. The van der Waals surface area contributed by atoms with Crippen molar-refractivity contribution >= 4 is 16.9 Å². The summed E-state index contributed by atoms with van der Waals surface area (Å²) >= 11 is 0. The van der Waals surface area contributed by atoms with Crippen LogP contribution in [0.5, 0.6) is 5.75 Å². The summed E-state index contributed by atoms with van der Waals surface area (Å²) in [6.07, 6.45) is 2.95. The molecule has 18 heavy (non-hydrogen) atoms. The van der Waals surface area contributed by atoms with Gasteiger partial charge in [-0.3, -0.25) is 0 Å². The number of rotatable bonds is 2. The summed E-state index contributed by atoms with van der Waals surface area (Å²) < 4.78 is 0. The van der Waals surface area contributed by atoms with E-state index in [1.165, 1.54) is 6.33 Å². The minimum Gasteiger partial charge on any atom is -0.507 e. The van der Waals surface area contributed by atoms with Crippen molar-refractivity contribution in [3.05, 3.63) is 36.4 Å². The Balaban J connectivity index is 2.32. The maximum atomic E-state index is 11.1. The van der Waals surface area contributed by atoms with Crippen molar-refractivity contribution < 1.29 is 15.0 Å². The van der Waals surface area contributed by atoms with E-state index in [1.807, 2.05) is 0 Å². The van der Waals surface area contributed by atoms with Gasteiger partial charge in [0.05, 0.1) is 11.7 Å². The van der Waals surface area contributed by atoms with E-state index in [4.69, 9.17) is 5.11 Å². The molecule has 0 aliphatic heterocycles. The second-order valence-electron chi connectivity index (χ2n) is 3.83. The van der Waals surface area contributed by atoms with Gasteiger partial charge in [-0.25, -0.2) is 9.78 Å². The van der Waals surface area contributed by atoms with Crippen LogP contribution in [0.2, 0.25) is 0 Å². The SMILES string of the molecule is O=C(O)c1[nH]cnc1-c1c[nH]c2cccc(O)c12. The summed E-state index contributed by atoms with van der Waals surface area (Å²) in [6, 6.07) is 5.05. The molecule has 0 saturated carbocycles. The van der Waals surface area contributed by atoms with Crippen LogP contribution in [0.25, 0.3) is 22.2 Å². The van der Waals surface area contributed by atoms with Crippen LogP contribution in [0.15, 0.2) is 30.7 Å². The number of aromatic nitrogens is 3. The van der Waals surface area contributed by atoms with Gasteiger partial charge in [0.1, 0.15) is 11.4 Å². The van der Waals surface area contributed by atoms with Gasteiger partial charge in [0.15, 0.2) is 5.69 Å². The van der Waals surface area contributed by atoms with E-state index >= 15 is 0 Å². The van der Waals surface area contributed by atoms with E-state index in [0.29, 0.717) is 16.6 Å². The lowest BCUT2D eigenvalue weighted by Crippen LogP contribution is -1.98. The van der Waals surface area contributed by atoms with Crippen LogP contribution in [-0.4, -0.2) is 31.1 Å². The van der Waals surface area contributed by atoms with E-state index in [9.17, 15) is 9.90 Å². The number of hydrogen-bond donors (Lipinski definition) is 4. The molecule has 90 valence electrons. The summed E-state index contributed by atoms with van der Waals surface area (Å²) in [5.74, 6) is -1.00. The number of aromatic hydroxyl groups is 1. The van der Waals surface area contributed by atoms with Crippen molar-refractivity contribution in [2.75, 3.05) is 0 Å². The fourth-order valence-electron chi connectivity index (χ4n) is 2.01. The molecule has 0 amide bonds. The number of benzene rings is 1. The number of carboxylic acid groups (broad SMARTS) is 1. The first-order chi connectivity index (χ1) is 8.68. The molecule has 0 spiro atoms. The number of aromatic carboxylic acids is 1. The minimum absolute atomic E-state index is 0.000784. The van der Waals surface area contributed by atoms with Crippen molar-refractivity contribution in [1.82, 2.24) is 15.0 Å². The maximum Gasteiger partial charge on any atom is 0.354 e. The normalized spacial score (nSPS) is 10.9. The predicted molar refractivity (Wildman–Crippen MR) is 64.5 cm³/mol. The van der Waals surface area contributed by atoms with Crippen LogP contribution >= 0.6 is 0 Å². The van der Waals surface area contributed by atoms with Gasteiger partial charge < -0.3 is 20.2 Å². The second-order valence-corrected chi connectivity index (χ2v) is 3.83. The molecule has 2 aromatic heterocycles. The van der Waals surface area contributed by atoms with Crippen LogP contribution in [-0.2, 0) is 0 Å². The van der Waals surface area contributed by atoms with Crippen LogP contribution in [0.3, 0.4) is 0 Å². The van der Waals surface area contributed by atoms with Crippen molar-refractivity contribution in [3.63, 3.8) is 0 Å². The summed E-state index contributed by atoms with van der Waals surface area (Å²) in [4.78, 5) is 20.6. The molecule has 0 unspecified atom stereocenters. The Bertz CT molecular complexity index is 742. The third kappa shape index (κ3) is 1.36. The van der Waals surface area contributed by atoms with Crippen LogP contribution in [0.1, 0.15) is 10.5 Å². The molecule has 0 fully saturated rings. The molecule has 4 N–H and O–H groups in total. The molecule has 0 aliphatic rings. The zero-order valence-corrected chi connectivity index (χ0v) is 9.14. The highest BCUT2D eigenvalue weighted by Crippen LogP contribution is 2.34. The third-order valence-corrected chi connectivity index (χ3v) is 2.79. The largest absolute Gasteiger partial charge is 0.507 e.